The van der Waals surface area contributed by atoms with Gasteiger partial charge >= 0.3 is 6.36 Å². The van der Waals surface area contributed by atoms with Crippen molar-refractivity contribution in [2.24, 2.45) is 0 Å². The number of halogens is 4. The van der Waals surface area contributed by atoms with Crippen molar-refractivity contribution >= 4 is 11.6 Å². The zero-order chi connectivity index (χ0) is 13.2. The highest BCUT2D eigenvalue weighted by molar-refractivity contribution is 6.31. The van der Waals surface area contributed by atoms with E-state index in [4.69, 9.17) is 11.6 Å². The van der Waals surface area contributed by atoms with Crippen molar-refractivity contribution in [1.29, 1.82) is 0 Å². The summed E-state index contributed by atoms with van der Waals surface area (Å²) in [5, 5.41) is 3.57. The molecule has 1 N–H and O–H groups in total. The van der Waals surface area contributed by atoms with Crippen molar-refractivity contribution in [2.45, 2.75) is 25.1 Å². The first-order valence-corrected chi connectivity index (χ1v) is 6.09. The van der Waals surface area contributed by atoms with Crippen LogP contribution in [-0.2, 0) is 0 Å². The van der Waals surface area contributed by atoms with Gasteiger partial charge in [-0.2, -0.15) is 0 Å². The lowest BCUT2D eigenvalue weighted by Crippen LogP contribution is -2.26. The molecule has 0 bridgehead atoms. The van der Waals surface area contributed by atoms with Gasteiger partial charge in [0.15, 0.2) is 0 Å². The minimum absolute atomic E-state index is 0.273. The summed E-state index contributed by atoms with van der Waals surface area (Å²) in [5.74, 6) is 0.0314. The van der Waals surface area contributed by atoms with Gasteiger partial charge in [0, 0.05) is 5.02 Å². The Bertz CT molecular complexity index is 416. The Hall–Kier alpha value is -0.940. The number of hydrogen-bond acceptors (Lipinski definition) is 2. The Morgan fingerprint density at radius 2 is 1.89 bits per heavy atom. The largest absolute Gasteiger partial charge is 0.573 e. The smallest absolute Gasteiger partial charge is 0.406 e. The molecule has 100 valence electrons. The summed E-state index contributed by atoms with van der Waals surface area (Å²) in [5.41, 5.74) is 0.896. The van der Waals surface area contributed by atoms with Gasteiger partial charge in [0.2, 0.25) is 0 Å². The Labute approximate surface area is 108 Å². The third-order valence-corrected chi connectivity index (χ3v) is 3.31. The van der Waals surface area contributed by atoms with E-state index in [0.717, 1.165) is 31.5 Å². The summed E-state index contributed by atoms with van der Waals surface area (Å²) in [6, 6.07) is 4.17. The second-order valence-electron chi connectivity index (χ2n) is 4.26. The second-order valence-corrected chi connectivity index (χ2v) is 4.66. The molecule has 2 nitrogen and oxygen atoms in total. The van der Waals surface area contributed by atoms with E-state index < -0.39 is 6.36 Å². The Morgan fingerprint density at radius 1 is 1.22 bits per heavy atom. The first-order chi connectivity index (χ1) is 8.46. The fourth-order valence-electron chi connectivity index (χ4n) is 2.17. The molecule has 0 radical (unpaired) electrons. The minimum Gasteiger partial charge on any atom is -0.406 e. The number of rotatable bonds is 2. The molecule has 1 fully saturated rings. The van der Waals surface area contributed by atoms with Crippen molar-refractivity contribution < 1.29 is 17.9 Å². The van der Waals surface area contributed by atoms with Crippen LogP contribution >= 0.6 is 11.6 Å². The van der Waals surface area contributed by atoms with Crippen molar-refractivity contribution in [3.05, 3.63) is 28.8 Å². The van der Waals surface area contributed by atoms with E-state index >= 15 is 0 Å². The minimum atomic E-state index is -4.68. The van der Waals surface area contributed by atoms with Crippen LogP contribution in [0.4, 0.5) is 13.2 Å². The number of hydrogen-bond donors (Lipinski definition) is 1. The summed E-state index contributed by atoms with van der Waals surface area (Å²) in [6.45, 7) is 1.81. The third-order valence-electron chi connectivity index (χ3n) is 2.98. The molecule has 0 aromatic heterocycles. The molecule has 1 aromatic carbocycles. The number of benzene rings is 1. The molecule has 1 aromatic rings. The van der Waals surface area contributed by atoms with Crippen molar-refractivity contribution in [3.8, 4) is 5.75 Å². The van der Waals surface area contributed by atoms with Gasteiger partial charge in [0.25, 0.3) is 0 Å². The molecule has 2 rings (SSSR count). The molecule has 1 aliphatic rings. The zero-order valence-electron chi connectivity index (χ0n) is 9.56. The van der Waals surface area contributed by atoms with Gasteiger partial charge in [0.05, 0.1) is 0 Å². The summed E-state index contributed by atoms with van der Waals surface area (Å²) >= 11 is 6.02. The summed E-state index contributed by atoms with van der Waals surface area (Å²) < 4.78 is 40.0. The summed E-state index contributed by atoms with van der Waals surface area (Å²) in [7, 11) is 0. The molecule has 0 amide bonds. The van der Waals surface area contributed by atoms with Crippen LogP contribution in [0.25, 0.3) is 0 Å². The van der Waals surface area contributed by atoms with E-state index in [1.807, 2.05) is 0 Å². The normalized spacial score (nSPS) is 17.8. The lowest BCUT2D eigenvalue weighted by atomic mass is 9.90. The molecule has 1 aliphatic heterocycles. The highest BCUT2D eigenvalue weighted by Crippen LogP contribution is 2.34. The van der Waals surface area contributed by atoms with Crippen LogP contribution in [0.3, 0.4) is 0 Å². The first-order valence-electron chi connectivity index (χ1n) is 5.71. The Kier molecular flexibility index (Phi) is 4.02. The fraction of sp³-hybridized carbons (Fsp3) is 0.500. The van der Waals surface area contributed by atoms with E-state index in [2.05, 4.69) is 10.1 Å². The average Bonchev–Trinajstić information content (AvgIpc) is 2.28. The van der Waals surface area contributed by atoms with E-state index in [-0.39, 0.29) is 5.75 Å². The average molecular weight is 280 g/mol. The number of nitrogens with one attached hydrogen (secondary N) is 1. The molecule has 0 spiro atoms. The van der Waals surface area contributed by atoms with Gasteiger partial charge in [-0.25, -0.2) is 0 Å². The van der Waals surface area contributed by atoms with E-state index in [1.165, 1.54) is 12.1 Å². The van der Waals surface area contributed by atoms with Crippen molar-refractivity contribution in [3.63, 3.8) is 0 Å². The SMILES string of the molecule is FC(F)(F)Oc1ccc(C2CCNCC2)c(Cl)c1. The molecule has 0 atom stereocenters. The van der Waals surface area contributed by atoms with E-state index in [0.29, 0.717) is 10.9 Å². The molecule has 1 heterocycles. The molecule has 1 saturated heterocycles. The number of piperidine rings is 1. The van der Waals surface area contributed by atoms with Crippen LogP contribution in [0.5, 0.6) is 5.75 Å². The topological polar surface area (TPSA) is 21.3 Å². The molecule has 0 unspecified atom stereocenters. The molecular formula is C12H13ClF3NO. The monoisotopic (exact) mass is 279 g/mol. The van der Waals surface area contributed by atoms with Crippen LogP contribution in [0.15, 0.2) is 18.2 Å². The summed E-state index contributed by atoms with van der Waals surface area (Å²) in [6.07, 6.45) is -2.79. The Morgan fingerprint density at radius 3 is 2.44 bits per heavy atom. The maximum absolute atomic E-state index is 12.1. The lowest BCUT2D eigenvalue weighted by Gasteiger charge is -2.24. The van der Waals surface area contributed by atoms with Gasteiger partial charge in [0.1, 0.15) is 5.75 Å². The van der Waals surface area contributed by atoms with Gasteiger partial charge in [-0.1, -0.05) is 17.7 Å². The predicted octanol–water partition coefficient (Wildman–Crippen LogP) is 3.71. The van der Waals surface area contributed by atoms with Gasteiger partial charge in [-0.05, 0) is 49.5 Å². The highest BCUT2D eigenvalue weighted by Gasteiger charge is 2.31. The highest BCUT2D eigenvalue weighted by atomic mass is 35.5. The third kappa shape index (κ3) is 3.53. The molecule has 18 heavy (non-hydrogen) atoms. The van der Waals surface area contributed by atoms with E-state index in [1.54, 1.807) is 6.07 Å². The Balaban J connectivity index is 2.14. The second kappa shape index (κ2) is 5.36. The fourth-order valence-corrected chi connectivity index (χ4v) is 2.49. The van der Waals surface area contributed by atoms with Crippen molar-refractivity contribution in [1.82, 2.24) is 5.32 Å². The summed E-state index contributed by atoms with van der Waals surface area (Å²) in [4.78, 5) is 0. The van der Waals surface area contributed by atoms with Gasteiger partial charge < -0.3 is 10.1 Å². The van der Waals surface area contributed by atoms with Crippen LogP contribution in [0, 0.1) is 0 Å². The number of ether oxygens (including phenoxy) is 1. The predicted molar refractivity (Wildman–Crippen MR) is 63.0 cm³/mol. The van der Waals surface area contributed by atoms with Crippen molar-refractivity contribution in [2.75, 3.05) is 13.1 Å². The molecule has 6 heteroatoms. The van der Waals surface area contributed by atoms with Crippen LogP contribution in [-0.4, -0.2) is 19.5 Å². The van der Waals surface area contributed by atoms with Crippen LogP contribution in [0.1, 0.15) is 24.3 Å². The lowest BCUT2D eigenvalue weighted by molar-refractivity contribution is -0.274. The molecule has 0 aliphatic carbocycles. The zero-order valence-corrected chi connectivity index (χ0v) is 10.3. The van der Waals surface area contributed by atoms with E-state index in [9.17, 15) is 13.2 Å². The molecular weight excluding hydrogens is 267 g/mol. The first kappa shape index (κ1) is 13.5. The standard InChI is InChI=1S/C12H13ClF3NO/c13-11-7-9(18-12(14,15)16)1-2-10(11)8-3-5-17-6-4-8/h1-2,7-8,17H,3-6H2. The van der Waals surface area contributed by atoms with Gasteiger partial charge in [-0.15, -0.1) is 13.2 Å². The maximum atomic E-state index is 12.1. The van der Waals surface area contributed by atoms with Crippen LogP contribution in [0.2, 0.25) is 5.02 Å². The number of alkyl halides is 3. The molecule has 0 saturated carbocycles. The maximum Gasteiger partial charge on any atom is 0.573 e. The quantitative estimate of drug-likeness (QED) is 0.891. The van der Waals surface area contributed by atoms with Crippen LogP contribution < -0.4 is 10.1 Å². The van der Waals surface area contributed by atoms with Gasteiger partial charge in [-0.3, -0.25) is 0 Å².